The molecule has 0 saturated carbocycles. The van der Waals surface area contributed by atoms with Crippen LogP contribution in [0.2, 0.25) is 0 Å². The number of hydroxylamine groups is 1. The van der Waals surface area contributed by atoms with E-state index in [4.69, 9.17) is 0 Å². The van der Waals surface area contributed by atoms with Gasteiger partial charge >= 0.3 is 0 Å². The van der Waals surface area contributed by atoms with Gasteiger partial charge in [-0.3, -0.25) is 9.63 Å². The third-order valence-electron chi connectivity index (χ3n) is 1.44. The highest BCUT2D eigenvalue weighted by molar-refractivity contribution is 5.93. The molecule has 1 amide bonds. The van der Waals surface area contributed by atoms with Crippen LogP contribution in [0.1, 0.15) is 10.4 Å². The highest BCUT2D eigenvalue weighted by atomic mass is 19.2. The fraction of sp³-hybridized carbons (Fsp3) is 0.125. The van der Waals surface area contributed by atoms with E-state index >= 15 is 0 Å². The van der Waals surface area contributed by atoms with Crippen LogP contribution in [-0.2, 0) is 4.84 Å². The maximum atomic E-state index is 12.6. The first-order valence-corrected chi connectivity index (χ1v) is 3.54. The molecule has 3 nitrogen and oxygen atoms in total. The SMILES string of the molecule is CONC(=O)c1cc(F)c(F)c(F)c1. The van der Waals surface area contributed by atoms with Crippen molar-refractivity contribution in [1.82, 2.24) is 5.48 Å². The zero-order valence-corrected chi connectivity index (χ0v) is 7.11. The summed E-state index contributed by atoms with van der Waals surface area (Å²) >= 11 is 0. The van der Waals surface area contributed by atoms with Crippen LogP contribution < -0.4 is 5.48 Å². The highest BCUT2D eigenvalue weighted by Gasteiger charge is 2.14. The standard InChI is InChI=1S/C8H6F3NO2/c1-14-12-8(13)4-2-5(9)7(11)6(10)3-4/h2-3H,1H3,(H,12,13). The van der Waals surface area contributed by atoms with Crippen molar-refractivity contribution in [2.75, 3.05) is 7.11 Å². The van der Waals surface area contributed by atoms with Gasteiger partial charge < -0.3 is 0 Å². The maximum absolute atomic E-state index is 12.6. The Morgan fingerprint density at radius 3 is 2.21 bits per heavy atom. The summed E-state index contributed by atoms with van der Waals surface area (Å²) in [5.74, 6) is -5.32. The molecule has 0 aliphatic heterocycles. The summed E-state index contributed by atoms with van der Waals surface area (Å²) in [5, 5.41) is 0. The number of amides is 1. The molecule has 1 aromatic rings. The van der Waals surface area contributed by atoms with Crippen LogP contribution >= 0.6 is 0 Å². The molecule has 0 aliphatic rings. The minimum atomic E-state index is -1.61. The van der Waals surface area contributed by atoms with Gasteiger partial charge in [0, 0.05) is 5.56 Å². The second-order valence-electron chi connectivity index (χ2n) is 2.39. The minimum Gasteiger partial charge on any atom is -0.277 e. The van der Waals surface area contributed by atoms with Crippen molar-refractivity contribution in [3.63, 3.8) is 0 Å². The van der Waals surface area contributed by atoms with Gasteiger partial charge in [-0.25, -0.2) is 18.7 Å². The topological polar surface area (TPSA) is 38.3 Å². The third-order valence-corrected chi connectivity index (χ3v) is 1.44. The maximum Gasteiger partial charge on any atom is 0.275 e. The largest absolute Gasteiger partial charge is 0.277 e. The van der Waals surface area contributed by atoms with E-state index in [9.17, 15) is 18.0 Å². The molecule has 1 rings (SSSR count). The first-order valence-electron chi connectivity index (χ1n) is 3.54. The summed E-state index contributed by atoms with van der Waals surface area (Å²) < 4.78 is 37.7. The first kappa shape index (κ1) is 10.5. The first-order chi connectivity index (χ1) is 6.56. The Morgan fingerprint density at radius 1 is 1.29 bits per heavy atom. The molecule has 6 heteroatoms. The molecule has 0 bridgehead atoms. The van der Waals surface area contributed by atoms with E-state index in [0.717, 1.165) is 7.11 Å². The Morgan fingerprint density at radius 2 is 1.79 bits per heavy atom. The molecule has 0 heterocycles. The number of rotatable bonds is 2. The molecule has 0 aliphatic carbocycles. The van der Waals surface area contributed by atoms with E-state index in [1.807, 2.05) is 5.48 Å². The zero-order valence-electron chi connectivity index (χ0n) is 7.11. The van der Waals surface area contributed by atoms with E-state index in [2.05, 4.69) is 4.84 Å². The Hall–Kier alpha value is -1.56. The molecular formula is C8H6F3NO2. The molecule has 0 unspecified atom stereocenters. The van der Waals surface area contributed by atoms with Gasteiger partial charge in [0.25, 0.3) is 5.91 Å². The molecule has 0 atom stereocenters. The average Bonchev–Trinajstić information content (AvgIpc) is 2.13. The van der Waals surface area contributed by atoms with Gasteiger partial charge in [0.05, 0.1) is 7.11 Å². The van der Waals surface area contributed by atoms with E-state index in [-0.39, 0.29) is 5.56 Å². The Kier molecular flexibility index (Phi) is 3.08. The predicted octanol–water partition coefficient (Wildman–Crippen LogP) is 1.40. The summed E-state index contributed by atoms with van der Waals surface area (Å²) in [6, 6.07) is 1.15. The van der Waals surface area contributed by atoms with Crippen LogP contribution in [0.4, 0.5) is 13.2 Å². The zero-order chi connectivity index (χ0) is 10.7. The number of halogens is 3. The van der Waals surface area contributed by atoms with Crippen LogP contribution in [0.15, 0.2) is 12.1 Å². The van der Waals surface area contributed by atoms with E-state index in [1.54, 1.807) is 0 Å². The molecule has 1 aromatic carbocycles. The lowest BCUT2D eigenvalue weighted by atomic mass is 10.2. The van der Waals surface area contributed by atoms with Crippen molar-refractivity contribution in [2.45, 2.75) is 0 Å². The molecule has 0 radical (unpaired) electrons. The molecule has 0 fully saturated rings. The van der Waals surface area contributed by atoms with Crippen LogP contribution in [-0.4, -0.2) is 13.0 Å². The minimum absolute atomic E-state index is 0.358. The lowest BCUT2D eigenvalue weighted by molar-refractivity contribution is 0.0536. The molecular weight excluding hydrogens is 199 g/mol. The van der Waals surface area contributed by atoms with Crippen molar-refractivity contribution in [2.24, 2.45) is 0 Å². The summed E-state index contributed by atoms with van der Waals surface area (Å²) in [6.45, 7) is 0. The lowest BCUT2D eigenvalue weighted by Crippen LogP contribution is -2.22. The smallest absolute Gasteiger partial charge is 0.275 e. The quantitative estimate of drug-likeness (QED) is 0.585. The van der Waals surface area contributed by atoms with Gasteiger partial charge in [0.15, 0.2) is 17.5 Å². The fourth-order valence-electron chi connectivity index (χ4n) is 0.838. The van der Waals surface area contributed by atoms with Crippen LogP contribution in [0.5, 0.6) is 0 Å². The van der Waals surface area contributed by atoms with Crippen molar-refractivity contribution in [3.8, 4) is 0 Å². The summed E-state index contributed by atoms with van der Waals surface area (Å²) in [7, 11) is 1.16. The van der Waals surface area contributed by atoms with Crippen LogP contribution in [0, 0.1) is 17.5 Å². The summed E-state index contributed by atoms with van der Waals surface area (Å²) in [4.78, 5) is 15.2. The van der Waals surface area contributed by atoms with Crippen molar-refractivity contribution < 1.29 is 22.8 Å². The van der Waals surface area contributed by atoms with Crippen molar-refractivity contribution >= 4 is 5.91 Å². The van der Waals surface area contributed by atoms with Crippen molar-refractivity contribution in [3.05, 3.63) is 35.1 Å². The molecule has 0 aromatic heterocycles. The number of benzene rings is 1. The van der Waals surface area contributed by atoms with E-state index in [1.165, 1.54) is 0 Å². The van der Waals surface area contributed by atoms with E-state index < -0.39 is 23.4 Å². The number of carbonyl (C=O) groups is 1. The van der Waals surface area contributed by atoms with Gasteiger partial charge in [-0.15, -0.1) is 0 Å². The van der Waals surface area contributed by atoms with E-state index in [0.29, 0.717) is 12.1 Å². The fourth-order valence-corrected chi connectivity index (χ4v) is 0.838. The normalized spacial score (nSPS) is 10.0. The van der Waals surface area contributed by atoms with Gasteiger partial charge in [0.1, 0.15) is 0 Å². The molecule has 0 spiro atoms. The molecule has 14 heavy (non-hydrogen) atoms. The molecule has 0 saturated heterocycles. The van der Waals surface area contributed by atoms with Gasteiger partial charge in [-0.2, -0.15) is 0 Å². The van der Waals surface area contributed by atoms with Gasteiger partial charge in [-0.1, -0.05) is 0 Å². The van der Waals surface area contributed by atoms with Crippen LogP contribution in [0.25, 0.3) is 0 Å². The monoisotopic (exact) mass is 205 g/mol. The predicted molar refractivity (Wildman–Crippen MR) is 40.8 cm³/mol. The summed E-state index contributed by atoms with van der Waals surface area (Å²) in [5.41, 5.74) is 1.48. The van der Waals surface area contributed by atoms with Gasteiger partial charge in [0.2, 0.25) is 0 Å². The lowest BCUT2D eigenvalue weighted by Gasteiger charge is -2.02. The Bertz CT molecular complexity index is 345. The highest BCUT2D eigenvalue weighted by Crippen LogP contribution is 2.13. The number of hydrogen-bond donors (Lipinski definition) is 1. The van der Waals surface area contributed by atoms with Crippen molar-refractivity contribution in [1.29, 1.82) is 0 Å². The van der Waals surface area contributed by atoms with Gasteiger partial charge in [-0.05, 0) is 12.1 Å². The third kappa shape index (κ3) is 2.02. The number of carbonyl (C=O) groups excluding carboxylic acids is 1. The second kappa shape index (κ2) is 4.10. The summed E-state index contributed by atoms with van der Waals surface area (Å²) in [6.07, 6.45) is 0. The molecule has 76 valence electrons. The molecule has 1 N–H and O–H groups in total. The average molecular weight is 205 g/mol. The Labute approximate surface area is 77.4 Å². The second-order valence-corrected chi connectivity index (χ2v) is 2.39. The number of hydrogen-bond acceptors (Lipinski definition) is 2. The van der Waals surface area contributed by atoms with Crippen LogP contribution in [0.3, 0.4) is 0 Å². The Balaban J connectivity index is 3.06. The number of nitrogens with one attached hydrogen (secondary N) is 1.